The number of ether oxygens (including phenoxy) is 1. The number of rotatable bonds is 2. The summed E-state index contributed by atoms with van der Waals surface area (Å²) < 4.78 is 5.49. The molecule has 0 bridgehead atoms. The molecule has 0 radical (unpaired) electrons. The summed E-state index contributed by atoms with van der Waals surface area (Å²) in [5, 5.41) is 11.6. The molecule has 2 rings (SSSR count). The lowest BCUT2D eigenvalue weighted by molar-refractivity contribution is -0.530. The third kappa shape index (κ3) is 3.75. The van der Waals surface area contributed by atoms with Crippen molar-refractivity contribution >= 4 is 6.09 Å². The molecule has 24 heavy (non-hydrogen) atoms. The first-order chi connectivity index (χ1) is 11.1. The van der Waals surface area contributed by atoms with Crippen LogP contribution < -0.4 is 0 Å². The molecule has 0 aliphatic carbocycles. The third-order valence-electron chi connectivity index (χ3n) is 4.05. The molecule has 1 aliphatic heterocycles. The van der Waals surface area contributed by atoms with Crippen LogP contribution in [0, 0.1) is 17.0 Å². The molecule has 0 saturated heterocycles. The summed E-state index contributed by atoms with van der Waals surface area (Å²) in [4.78, 5) is 25.4. The Kier molecular flexibility index (Phi) is 4.96. The maximum absolute atomic E-state index is 12.7. The minimum absolute atomic E-state index is 0.289. The third-order valence-corrected chi connectivity index (χ3v) is 4.05. The van der Waals surface area contributed by atoms with Gasteiger partial charge >= 0.3 is 6.09 Å². The number of carbonyl (C=O) groups excluding carboxylic acids is 1. The Morgan fingerprint density at radius 3 is 2.46 bits per heavy atom. The number of nitro groups is 1. The van der Waals surface area contributed by atoms with Crippen molar-refractivity contribution in [1.29, 1.82) is 0 Å². The average molecular weight is 332 g/mol. The summed E-state index contributed by atoms with van der Waals surface area (Å²) in [5.41, 5.74) is 1.69. The molecule has 6 nitrogen and oxygen atoms in total. The van der Waals surface area contributed by atoms with E-state index in [2.05, 4.69) is 0 Å². The number of hydrogen-bond donors (Lipinski definition) is 0. The minimum atomic E-state index is -0.901. The van der Waals surface area contributed by atoms with Gasteiger partial charge in [-0.15, -0.1) is 0 Å². The van der Waals surface area contributed by atoms with Crippen LogP contribution in [0.2, 0.25) is 0 Å². The molecule has 2 atom stereocenters. The van der Waals surface area contributed by atoms with Crippen LogP contribution in [-0.4, -0.2) is 27.6 Å². The van der Waals surface area contributed by atoms with Crippen LogP contribution >= 0.6 is 0 Å². The highest BCUT2D eigenvalue weighted by molar-refractivity contribution is 5.71. The first kappa shape index (κ1) is 18.0. The van der Waals surface area contributed by atoms with Gasteiger partial charge in [0, 0.05) is 17.0 Å². The Labute approximate surface area is 142 Å². The van der Waals surface area contributed by atoms with Crippen LogP contribution in [0.4, 0.5) is 4.79 Å². The molecule has 1 aromatic rings. The van der Waals surface area contributed by atoms with Crippen LogP contribution in [0.25, 0.3) is 0 Å². The summed E-state index contributed by atoms with van der Waals surface area (Å²) in [6.07, 6.45) is 1.46. The topological polar surface area (TPSA) is 72.7 Å². The van der Waals surface area contributed by atoms with Crippen molar-refractivity contribution in [3.05, 3.63) is 57.3 Å². The fourth-order valence-corrected chi connectivity index (χ4v) is 2.95. The Morgan fingerprint density at radius 1 is 1.29 bits per heavy atom. The SMILES string of the molecule is CC1=CC[C@@H]([N+](=O)[O-])[C@H](c2ccccc2C)N1C(=O)OC(C)(C)C. The van der Waals surface area contributed by atoms with Gasteiger partial charge in [0.05, 0.1) is 0 Å². The van der Waals surface area contributed by atoms with Gasteiger partial charge in [0.15, 0.2) is 0 Å². The van der Waals surface area contributed by atoms with E-state index in [9.17, 15) is 14.9 Å². The summed E-state index contributed by atoms with van der Waals surface area (Å²) in [6, 6.07) is 5.87. The predicted molar refractivity (Wildman–Crippen MR) is 91.1 cm³/mol. The number of hydrogen-bond acceptors (Lipinski definition) is 4. The number of nitrogens with zero attached hydrogens (tertiary/aromatic N) is 2. The van der Waals surface area contributed by atoms with E-state index < -0.39 is 23.8 Å². The summed E-state index contributed by atoms with van der Waals surface area (Å²) in [7, 11) is 0. The number of carbonyl (C=O) groups is 1. The van der Waals surface area contributed by atoms with Crippen LogP contribution in [0.5, 0.6) is 0 Å². The van der Waals surface area contributed by atoms with Gasteiger partial charge in [-0.3, -0.25) is 15.0 Å². The van der Waals surface area contributed by atoms with Crippen molar-refractivity contribution in [2.75, 3.05) is 0 Å². The van der Waals surface area contributed by atoms with E-state index in [1.54, 1.807) is 33.8 Å². The largest absolute Gasteiger partial charge is 0.443 e. The van der Waals surface area contributed by atoms with Crippen molar-refractivity contribution < 1.29 is 14.5 Å². The molecule has 1 heterocycles. The van der Waals surface area contributed by atoms with Crippen molar-refractivity contribution in [3.63, 3.8) is 0 Å². The van der Waals surface area contributed by atoms with Crippen LogP contribution in [0.15, 0.2) is 36.0 Å². The highest BCUT2D eigenvalue weighted by atomic mass is 16.6. The van der Waals surface area contributed by atoms with Crippen molar-refractivity contribution in [1.82, 2.24) is 4.90 Å². The smallest absolute Gasteiger partial charge is 0.415 e. The van der Waals surface area contributed by atoms with E-state index in [0.29, 0.717) is 5.70 Å². The Hall–Kier alpha value is -2.37. The molecule has 1 amide bonds. The molecule has 0 fully saturated rings. The van der Waals surface area contributed by atoms with Gasteiger partial charge in [0.25, 0.3) is 0 Å². The average Bonchev–Trinajstić information content (AvgIpc) is 2.45. The summed E-state index contributed by atoms with van der Waals surface area (Å²) >= 11 is 0. The number of amides is 1. The van der Waals surface area contributed by atoms with E-state index in [-0.39, 0.29) is 11.3 Å². The molecule has 0 aromatic heterocycles. The second-order valence-electron chi connectivity index (χ2n) is 7.09. The van der Waals surface area contributed by atoms with Gasteiger partial charge in [0.1, 0.15) is 11.6 Å². The summed E-state index contributed by atoms with van der Waals surface area (Å²) in [5.74, 6) is 0. The molecule has 0 spiro atoms. The molecular weight excluding hydrogens is 308 g/mol. The molecular formula is C18H24N2O4. The Morgan fingerprint density at radius 2 is 1.92 bits per heavy atom. The molecule has 6 heteroatoms. The molecule has 1 aromatic carbocycles. The van der Waals surface area contributed by atoms with Gasteiger partial charge in [-0.1, -0.05) is 30.3 Å². The standard InChI is InChI=1S/C18H24N2O4/c1-12-8-6-7-9-14(12)16-15(20(22)23)11-10-13(2)19(16)17(21)24-18(3,4)5/h6-10,15-16H,11H2,1-5H3/t15-,16+/m1/s1. The fourth-order valence-electron chi connectivity index (χ4n) is 2.95. The lowest BCUT2D eigenvalue weighted by Crippen LogP contribution is -2.47. The van der Waals surface area contributed by atoms with Gasteiger partial charge in [0.2, 0.25) is 6.04 Å². The zero-order valence-corrected chi connectivity index (χ0v) is 14.8. The van der Waals surface area contributed by atoms with E-state index in [1.807, 2.05) is 31.2 Å². The molecule has 1 aliphatic rings. The molecule has 0 saturated carbocycles. The summed E-state index contributed by atoms with van der Waals surface area (Å²) in [6.45, 7) is 9.02. The quantitative estimate of drug-likeness (QED) is 0.600. The maximum atomic E-state index is 12.7. The second-order valence-corrected chi connectivity index (χ2v) is 7.09. The maximum Gasteiger partial charge on any atom is 0.415 e. The number of allylic oxidation sites excluding steroid dienone is 1. The van der Waals surface area contributed by atoms with Crippen LogP contribution in [-0.2, 0) is 4.74 Å². The lowest BCUT2D eigenvalue weighted by atomic mass is 9.89. The van der Waals surface area contributed by atoms with Gasteiger partial charge in [-0.05, 0) is 45.7 Å². The second kappa shape index (κ2) is 6.63. The van der Waals surface area contributed by atoms with Crippen molar-refractivity contribution in [2.45, 2.75) is 58.7 Å². The molecule has 130 valence electrons. The predicted octanol–water partition coefficient (Wildman–Crippen LogP) is 4.23. The highest BCUT2D eigenvalue weighted by Gasteiger charge is 2.44. The monoisotopic (exact) mass is 332 g/mol. The molecule has 0 unspecified atom stereocenters. The fraction of sp³-hybridized carbons (Fsp3) is 0.500. The van der Waals surface area contributed by atoms with E-state index >= 15 is 0 Å². The van der Waals surface area contributed by atoms with Crippen molar-refractivity contribution in [3.8, 4) is 0 Å². The van der Waals surface area contributed by atoms with E-state index in [1.165, 1.54) is 4.90 Å². The highest BCUT2D eigenvalue weighted by Crippen LogP contribution is 2.37. The van der Waals surface area contributed by atoms with Crippen LogP contribution in [0.3, 0.4) is 0 Å². The number of benzene rings is 1. The van der Waals surface area contributed by atoms with Crippen LogP contribution in [0.1, 0.15) is 51.3 Å². The first-order valence-electron chi connectivity index (χ1n) is 8.00. The zero-order valence-electron chi connectivity index (χ0n) is 14.8. The molecule has 0 N–H and O–H groups in total. The van der Waals surface area contributed by atoms with Gasteiger partial charge in [-0.2, -0.15) is 0 Å². The zero-order chi connectivity index (χ0) is 18.1. The van der Waals surface area contributed by atoms with E-state index in [4.69, 9.17) is 4.74 Å². The normalized spacial score (nSPS) is 21.2. The van der Waals surface area contributed by atoms with Crippen molar-refractivity contribution in [2.24, 2.45) is 0 Å². The van der Waals surface area contributed by atoms with Gasteiger partial charge in [-0.25, -0.2) is 4.79 Å². The first-order valence-corrected chi connectivity index (χ1v) is 8.00. The van der Waals surface area contributed by atoms with E-state index in [0.717, 1.165) is 11.1 Å². The minimum Gasteiger partial charge on any atom is -0.443 e. The lowest BCUT2D eigenvalue weighted by Gasteiger charge is -2.38. The Balaban J connectivity index is 2.52. The van der Waals surface area contributed by atoms with Gasteiger partial charge < -0.3 is 4.74 Å². The Bertz CT molecular complexity index is 676. The number of aryl methyl sites for hydroxylation is 1.